The lowest BCUT2D eigenvalue weighted by atomic mass is 10.1. The minimum atomic E-state index is -0.389. The van der Waals surface area contributed by atoms with Gasteiger partial charge in [0, 0.05) is 22.7 Å². The Bertz CT molecular complexity index is 898. The number of H-pyrrole nitrogens is 1. The van der Waals surface area contributed by atoms with Crippen LogP contribution in [0.15, 0.2) is 48.5 Å². The number of hydrogen-bond donors (Lipinski definition) is 3. The van der Waals surface area contributed by atoms with Crippen LogP contribution in [0.2, 0.25) is 0 Å². The summed E-state index contributed by atoms with van der Waals surface area (Å²) in [5, 5.41) is 3.74. The fraction of sp³-hybridized carbons (Fsp3) is 0.111. The number of ether oxygens (including phenoxy) is 1. The van der Waals surface area contributed by atoms with Crippen molar-refractivity contribution in [2.75, 3.05) is 12.4 Å². The molecular formula is C18H17N3O3. The Morgan fingerprint density at radius 1 is 1.12 bits per heavy atom. The van der Waals surface area contributed by atoms with Crippen molar-refractivity contribution >= 4 is 28.4 Å². The third-order valence-electron chi connectivity index (χ3n) is 3.66. The van der Waals surface area contributed by atoms with Crippen molar-refractivity contribution in [3.05, 3.63) is 59.8 Å². The Balaban J connectivity index is 1.75. The fourth-order valence-corrected chi connectivity index (χ4v) is 2.46. The molecule has 0 aliphatic heterocycles. The molecule has 6 nitrogen and oxygen atoms in total. The van der Waals surface area contributed by atoms with Crippen molar-refractivity contribution in [1.82, 2.24) is 4.98 Å². The molecule has 0 saturated heterocycles. The van der Waals surface area contributed by atoms with E-state index in [-0.39, 0.29) is 18.2 Å². The van der Waals surface area contributed by atoms with Crippen LogP contribution in [0.4, 0.5) is 5.69 Å². The molecule has 0 saturated carbocycles. The number of primary amides is 1. The summed E-state index contributed by atoms with van der Waals surface area (Å²) in [4.78, 5) is 26.3. The van der Waals surface area contributed by atoms with Gasteiger partial charge in [-0.25, -0.2) is 0 Å². The third kappa shape index (κ3) is 3.38. The molecule has 0 fully saturated rings. The average Bonchev–Trinajstić information content (AvgIpc) is 2.99. The lowest BCUT2D eigenvalue weighted by molar-refractivity contribution is -0.117. The van der Waals surface area contributed by atoms with Crippen LogP contribution in [-0.4, -0.2) is 23.9 Å². The van der Waals surface area contributed by atoms with Crippen molar-refractivity contribution in [2.24, 2.45) is 5.73 Å². The van der Waals surface area contributed by atoms with Crippen LogP contribution in [0.3, 0.4) is 0 Å². The van der Waals surface area contributed by atoms with E-state index in [1.54, 1.807) is 37.4 Å². The van der Waals surface area contributed by atoms with Crippen molar-refractivity contribution in [3.8, 4) is 5.75 Å². The summed E-state index contributed by atoms with van der Waals surface area (Å²) >= 11 is 0. The van der Waals surface area contributed by atoms with Gasteiger partial charge in [-0.15, -0.1) is 0 Å². The first-order chi connectivity index (χ1) is 11.5. The van der Waals surface area contributed by atoms with E-state index in [0.717, 1.165) is 22.2 Å². The Labute approximate surface area is 138 Å². The van der Waals surface area contributed by atoms with Crippen LogP contribution < -0.4 is 15.8 Å². The summed E-state index contributed by atoms with van der Waals surface area (Å²) < 4.78 is 5.17. The molecule has 0 unspecified atom stereocenters. The number of aromatic amines is 1. The topological polar surface area (TPSA) is 97.2 Å². The van der Waals surface area contributed by atoms with Gasteiger partial charge in [0.25, 0.3) is 5.91 Å². The number of fused-ring (bicyclic) bond motifs is 1. The van der Waals surface area contributed by atoms with E-state index in [0.29, 0.717) is 11.4 Å². The highest BCUT2D eigenvalue weighted by Gasteiger charge is 2.10. The average molecular weight is 323 g/mol. The first-order valence-electron chi connectivity index (χ1n) is 7.40. The van der Waals surface area contributed by atoms with Crippen LogP contribution in [0.25, 0.3) is 10.9 Å². The number of rotatable bonds is 5. The second-order valence-corrected chi connectivity index (χ2v) is 5.43. The Hall–Kier alpha value is -3.28. The number of anilines is 1. The van der Waals surface area contributed by atoms with E-state index >= 15 is 0 Å². The third-order valence-corrected chi connectivity index (χ3v) is 3.66. The standard InChI is InChI=1S/C18H17N3O3/c1-24-14-7-4-12-9-16(21-15(12)10-14)18(23)20-13-5-2-11(3-6-13)8-17(19)22/h2-7,9-10,21H,8H2,1H3,(H2,19,22)(H,20,23). The zero-order chi connectivity index (χ0) is 17.1. The first-order valence-corrected chi connectivity index (χ1v) is 7.40. The second kappa shape index (κ2) is 6.45. The van der Waals surface area contributed by atoms with Gasteiger partial charge in [-0.2, -0.15) is 0 Å². The molecule has 3 aromatic rings. The monoisotopic (exact) mass is 323 g/mol. The first kappa shape index (κ1) is 15.6. The van der Waals surface area contributed by atoms with Gasteiger partial charge >= 0.3 is 0 Å². The molecule has 4 N–H and O–H groups in total. The normalized spacial score (nSPS) is 10.5. The molecule has 2 aromatic carbocycles. The van der Waals surface area contributed by atoms with E-state index in [9.17, 15) is 9.59 Å². The number of aromatic nitrogens is 1. The number of carbonyl (C=O) groups excluding carboxylic acids is 2. The molecule has 0 bridgehead atoms. The molecule has 3 rings (SSSR count). The molecule has 2 amide bonds. The van der Waals surface area contributed by atoms with Crippen molar-refractivity contribution in [3.63, 3.8) is 0 Å². The van der Waals surface area contributed by atoms with Gasteiger partial charge in [0.15, 0.2) is 0 Å². The SMILES string of the molecule is COc1ccc2cc(C(=O)Nc3ccc(CC(N)=O)cc3)[nH]c2c1. The molecule has 122 valence electrons. The molecule has 0 aliphatic carbocycles. The molecule has 0 spiro atoms. The van der Waals surface area contributed by atoms with Gasteiger partial charge < -0.3 is 20.8 Å². The predicted octanol–water partition coefficient (Wildman–Crippen LogP) is 2.46. The maximum atomic E-state index is 12.4. The largest absolute Gasteiger partial charge is 0.497 e. The summed E-state index contributed by atoms with van der Waals surface area (Å²) in [5.41, 5.74) is 7.89. The summed E-state index contributed by atoms with van der Waals surface area (Å²) in [6, 6.07) is 14.3. The van der Waals surface area contributed by atoms with Crippen molar-refractivity contribution in [2.45, 2.75) is 6.42 Å². The highest BCUT2D eigenvalue weighted by atomic mass is 16.5. The molecule has 0 aliphatic rings. The molecule has 0 radical (unpaired) electrons. The minimum Gasteiger partial charge on any atom is -0.497 e. The molecule has 1 heterocycles. The smallest absolute Gasteiger partial charge is 0.272 e. The van der Waals surface area contributed by atoms with Crippen LogP contribution >= 0.6 is 0 Å². The maximum Gasteiger partial charge on any atom is 0.272 e. The summed E-state index contributed by atoms with van der Waals surface area (Å²) in [6.45, 7) is 0. The summed E-state index contributed by atoms with van der Waals surface area (Å²) in [5.74, 6) is 0.0921. The zero-order valence-electron chi connectivity index (χ0n) is 13.1. The highest BCUT2D eigenvalue weighted by molar-refractivity contribution is 6.06. The molecule has 24 heavy (non-hydrogen) atoms. The highest BCUT2D eigenvalue weighted by Crippen LogP contribution is 2.22. The van der Waals surface area contributed by atoms with Crippen LogP contribution in [-0.2, 0) is 11.2 Å². The number of carbonyl (C=O) groups is 2. The van der Waals surface area contributed by atoms with Crippen molar-refractivity contribution in [1.29, 1.82) is 0 Å². The van der Waals surface area contributed by atoms with Gasteiger partial charge in [0.2, 0.25) is 5.91 Å². The summed E-state index contributed by atoms with van der Waals surface area (Å²) in [7, 11) is 1.60. The molecule has 1 aromatic heterocycles. The quantitative estimate of drug-likeness (QED) is 0.673. The van der Waals surface area contributed by atoms with Crippen LogP contribution in [0.5, 0.6) is 5.75 Å². The molecule has 6 heteroatoms. The zero-order valence-corrected chi connectivity index (χ0v) is 13.1. The number of benzene rings is 2. The van der Waals surface area contributed by atoms with Gasteiger partial charge in [-0.1, -0.05) is 12.1 Å². The fourth-order valence-electron chi connectivity index (χ4n) is 2.46. The summed E-state index contributed by atoms with van der Waals surface area (Å²) in [6.07, 6.45) is 0.179. The Kier molecular flexibility index (Phi) is 4.20. The van der Waals surface area contributed by atoms with Crippen molar-refractivity contribution < 1.29 is 14.3 Å². The van der Waals surface area contributed by atoms with Gasteiger partial charge in [-0.05, 0) is 35.9 Å². The Morgan fingerprint density at radius 2 is 1.88 bits per heavy atom. The van der Waals surface area contributed by atoms with Gasteiger partial charge in [-0.3, -0.25) is 9.59 Å². The molecule has 0 atom stereocenters. The van der Waals surface area contributed by atoms with E-state index in [4.69, 9.17) is 10.5 Å². The Morgan fingerprint density at radius 3 is 2.54 bits per heavy atom. The van der Waals surface area contributed by atoms with E-state index in [1.807, 2.05) is 18.2 Å². The predicted molar refractivity (Wildman–Crippen MR) is 92.1 cm³/mol. The van der Waals surface area contributed by atoms with Crippen LogP contribution in [0, 0.1) is 0 Å². The van der Waals surface area contributed by atoms with E-state index in [2.05, 4.69) is 10.3 Å². The lowest BCUT2D eigenvalue weighted by Crippen LogP contribution is -2.14. The number of nitrogens with one attached hydrogen (secondary N) is 2. The molecular weight excluding hydrogens is 306 g/mol. The van der Waals surface area contributed by atoms with Gasteiger partial charge in [0.1, 0.15) is 11.4 Å². The van der Waals surface area contributed by atoms with Crippen LogP contribution in [0.1, 0.15) is 16.1 Å². The van der Waals surface area contributed by atoms with E-state index < -0.39 is 0 Å². The lowest BCUT2D eigenvalue weighted by Gasteiger charge is -2.05. The second-order valence-electron chi connectivity index (χ2n) is 5.43. The maximum absolute atomic E-state index is 12.4. The van der Waals surface area contributed by atoms with Gasteiger partial charge in [0.05, 0.1) is 13.5 Å². The number of methoxy groups -OCH3 is 1. The minimum absolute atomic E-state index is 0.179. The van der Waals surface area contributed by atoms with E-state index in [1.165, 1.54) is 0 Å². The number of amides is 2. The number of hydrogen-bond acceptors (Lipinski definition) is 3. The number of nitrogens with two attached hydrogens (primary N) is 1.